The van der Waals surface area contributed by atoms with Gasteiger partial charge >= 0.3 is 0 Å². The zero-order valence-electron chi connectivity index (χ0n) is 36.6. The number of benzene rings is 2. The minimum absolute atomic E-state index is 0.0214. The molecule has 1 heterocycles. The van der Waals surface area contributed by atoms with Gasteiger partial charge in [-0.2, -0.15) is 0 Å². The lowest BCUT2D eigenvalue weighted by Crippen LogP contribution is -2.67. The largest absolute Gasteiger partial charge is 0.390 e. The minimum atomic E-state index is -0.307. The number of aromatic nitrogens is 1. The number of methoxy groups -OCH3 is 1. The molecule has 5 atom stereocenters. The number of unbranched alkanes of at least 4 members (excludes halogenated alkanes) is 1. The van der Waals surface area contributed by atoms with Gasteiger partial charge in [0.1, 0.15) is 10.7 Å². The summed E-state index contributed by atoms with van der Waals surface area (Å²) in [5.74, 6) is 1.90. The first-order valence-corrected chi connectivity index (χ1v) is 21.1. The number of ether oxygens (including phenoxy) is 1. The molecule has 3 fully saturated rings. The van der Waals surface area contributed by atoms with E-state index in [2.05, 4.69) is 115 Å². The second-order valence-electron chi connectivity index (χ2n) is 16.4. The third-order valence-electron chi connectivity index (χ3n) is 10.2. The lowest BCUT2D eigenvalue weighted by atomic mass is 9.43. The summed E-state index contributed by atoms with van der Waals surface area (Å²) in [6.45, 7) is 31.5. The number of rotatable bonds is 12. The molecule has 3 saturated carbocycles. The molecule has 0 saturated heterocycles. The van der Waals surface area contributed by atoms with Gasteiger partial charge < -0.3 is 25.8 Å². The van der Waals surface area contributed by atoms with E-state index in [4.69, 9.17) is 4.74 Å². The Morgan fingerprint density at radius 3 is 2.02 bits per heavy atom. The van der Waals surface area contributed by atoms with Gasteiger partial charge in [0.25, 0.3) is 11.8 Å². The summed E-state index contributed by atoms with van der Waals surface area (Å²) < 4.78 is 5.53. The molecule has 3 aliphatic rings. The summed E-state index contributed by atoms with van der Waals surface area (Å²) in [6, 6.07) is 18.2. The smallest absolute Gasteiger partial charge is 0.270 e. The molecule has 8 nitrogen and oxygen atoms in total. The second kappa shape index (κ2) is 24.8. The average Bonchev–Trinajstić information content (AvgIpc) is 3.66. The maximum Gasteiger partial charge on any atom is 0.270 e. The third-order valence-corrected chi connectivity index (χ3v) is 11.1. The summed E-state index contributed by atoms with van der Waals surface area (Å²) in [5.41, 5.74) is 4.54. The van der Waals surface area contributed by atoms with E-state index in [0.717, 1.165) is 47.0 Å². The lowest BCUT2D eigenvalue weighted by Gasteiger charge is -2.65. The number of fused-ring (bicyclic) bond motifs is 2. The molecular formula is C47H74N4O4S. The van der Waals surface area contributed by atoms with Crippen LogP contribution in [0.3, 0.4) is 0 Å². The molecular weight excluding hydrogens is 717 g/mol. The molecule has 0 radical (unpaired) electrons. The Labute approximate surface area is 344 Å². The van der Waals surface area contributed by atoms with Gasteiger partial charge in [0.2, 0.25) is 0 Å². The van der Waals surface area contributed by atoms with Crippen LogP contribution in [0, 0.1) is 23.2 Å². The van der Waals surface area contributed by atoms with Crippen LogP contribution in [0.1, 0.15) is 128 Å². The molecule has 2 amide bonds. The zero-order chi connectivity index (χ0) is 42.6. The number of nitrogens with zero attached hydrogens (tertiary/aromatic N) is 1. The Morgan fingerprint density at radius 2 is 1.54 bits per heavy atom. The summed E-state index contributed by atoms with van der Waals surface area (Å²) >= 11 is 1.47. The Hall–Kier alpha value is -3.79. The average molecular weight is 791 g/mol. The molecule has 0 aliphatic heterocycles. The van der Waals surface area contributed by atoms with E-state index in [0.29, 0.717) is 29.0 Å². The molecule has 6 rings (SSSR count). The zero-order valence-corrected chi connectivity index (χ0v) is 37.4. The van der Waals surface area contributed by atoms with Crippen molar-refractivity contribution in [2.75, 3.05) is 14.2 Å². The molecule has 4 unspecified atom stereocenters. The monoisotopic (exact) mass is 791 g/mol. The highest BCUT2D eigenvalue weighted by Crippen LogP contribution is 2.63. The number of carbonyl (C=O) groups excluding carboxylic acids is 2. The molecule has 2 aromatic carbocycles. The van der Waals surface area contributed by atoms with Gasteiger partial charge in [-0.3, -0.25) is 9.59 Å². The standard InChI is InChI=1S/C19H30N2O.C11H10N2OS.C11H20O2.C4H10.C2H4/c1-6-7-8-17-9-11-18(12-10-17)19(22)21-16(5)13-15(4)20-14(2)3;1-12-10(14)9-7-15-11(13-9)8-5-3-2-4-6-8;1-10(2)7-5-8(10)11(3,13-4)9(12)6-7;1-4(2)3;1-2/h9-12,14,16,20H,4,6-8,13H2,1-3,5H3,(H,21,22);2-7H,1H3,(H,12,14);7-9,12H,5-6H2,1-4H3;4H,1-3H3;1-2H2/t;;7?,8?,9?,11-;;/m..0../s1. The maximum absolute atomic E-state index is 12.2. The number of aliphatic hydroxyl groups excluding tert-OH is 1. The van der Waals surface area contributed by atoms with Crippen molar-refractivity contribution >= 4 is 23.2 Å². The Bertz CT molecular complexity index is 1580. The molecule has 4 N–H and O–H groups in total. The van der Waals surface area contributed by atoms with Crippen LogP contribution in [-0.2, 0) is 11.2 Å². The van der Waals surface area contributed by atoms with Crippen molar-refractivity contribution in [1.29, 1.82) is 0 Å². The first-order chi connectivity index (χ1) is 26.4. The SMILES string of the molecule is C=C.C=C(CC(C)NC(=O)c1ccc(CCCC)cc1)NC(C)C.CC(C)C.CNC(=O)c1csc(-c2ccccc2)n1.CO[C@]1(C)C(O)CC2CC1C2(C)C. The maximum atomic E-state index is 12.2. The molecule has 56 heavy (non-hydrogen) atoms. The van der Waals surface area contributed by atoms with E-state index in [1.807, 2.05) is 49.4 Å². The van der Waals surface area contributed by atoms with Gasteiger partial charge in [-0.15, -0.1) is 24.5 Å². The van der Waals surface area contributed by atoms with Crippen molar-refractivity contribution in [3.63, 3.8) is 0 Å². The summed E-state index contributed by atoms with van der Waals surface area (Å²) in [5, 5.41) is 21.4. The van der Waals surface area contributed by atoms with Crippen molar-refractivity contribution in [2.24, 2.45) is 23.2 Å². The van der Waals surface area contributed by atoms with Gasteiger partial charge in [-0.1, -0.05) is 97.0 Å². The molecule has 3 aromatic rings. The van der Waals surface area contributed by atoms with Gasteiger partial charge in [0.15, 0.2) is 0 Å². The number of amides is 2. The van der Waals surface area contributed by atoms with Crippen LogP contribution in [0.15, 0.2) is 85.4 Å². The molecule has 0 spiro atoms. The van der Waals surface area contributed by atoms with E-state index in [1.54, 1.807) is 19.5 Å². The van der Waals surface area contributed by atoms with E-state index < -0.39 is 0 Å². The first-order valence-electron chi connectivity index (χ1n) is 20.2. The van der Waals surface area contributed by atoms with Crippen LogP contribution in [0.5, 0.6) is 0 Å². The molecule has 312 valence electrons. The van der Waals surface area contributed by atoms with Crippen molar-refractivity contribution in [3.05, 3.63) is 102 Å². The van der Waals surface area contributed by atoms with Crippen LogP contribution in [0.4, 0.5) is 0 Å². The normalized spacial score (nSPS) is 20.4. The highest BCUT2D eigenvalue weighted by atomic mass is 32.1. The topological polar surface area (TPSA) is 113 Å². The van der Waals surface area contributed by atoms with Crippen LogP contribution >= 0.6 is 11.3 Å². The highest BCUT2D eigenvalue weighted by Gasteiger charge is 2.63. The van der Waals surface area contributed by atoms with Gasteiger partial charge in [0, 0.05) is 54.9 Å². The predicted molar refractivity (Wildman–Crippen MR) is 238 cm³/mol. The quantitative estimate of drug-likeness (QED) is 0.136. The molecule has 2 bridgehead atoms. The van der Waals surface area contributed by atoms with Crippen molar-refractivity contribution in [1.82, 2.24) is 20.9 Å². The number of hydrogen-bond acceptors (Lipinski definition) is 7. The number of aryl methyl sites for hydroxylation is 1. The van der Waals surface area contributed by atoms with Crippen molar-refractivity contribution in [2.45, 2.75) is 132 Å². The van der Waals surface area contributed by atoms with E-state index in [9.17, 15) is 14.7 Å². The lowest BCUT2D eigenvalue weighted by molar-refractivity contribution is -0.256. The predicted octanol–water partition coefficient (Wildman–Crippen LogP) is 10.5. The van der Waals surface area contributed by atoms with Crippen LogP contribution in [0.25, 0.3) is 10.6 Å². The Morgan fingerprint density at radius 1 is 0.946 bits per heavy atom. The summed E-state index contributed by atoms with van der Waals surface area (Å²) in [6.07, 6.45) is 6.06. The molecule has 3 aliphatic carbocycles. The van der Waals surface area contributed by atoms with Gasteiger partial charge in [-0.05, 0) is 94.2 Å². The highest BCUT2D eigenvalue weighted by molar-refractivity contribution is 7.13. The van der Waals surface area contributed by atoms with Crippen LogP contribution < -0.4 is 16.0 Å². The van der Waals surface area contributed by atoms with E-state index in [1.165, 1.54) is 36.2 Å². The van der Waals surface area contributed by atoms with E-state index in [-0.39, 0.29) is 29.6 Å². The Kier molecular flexibility index (Phi) is 22.2. The van der Waals surface area contributed by atoms with Gasteiger partial charge in [-0.25, -0.2) is 4.98 Å². The van der Waals surface area contributed by atoms with Crippen LogP contribution in [-0.4, -0.2) is 59.9 Å². The van der Waals surface area contributed by atoms with Crippen LogP contribution in [0.2, 0.25) is 0 Å². The number of thiazole rings is 1. The fourth-order valence-corrected chi connectivity index (χ4v) is 7.83. The van der Waals surface area contributed by atoms with Crippen molar-refractivity contribution < 1.29 is 19.4 Å². The third kappa shape index (κ3) is 15.6. The van der Waals surface area contributed by atoms with Crippen molar-refractivity contribution in [3.8, 4) is 10.6 Å². The molecule has 9 heteroatoms. The number of carbonyl (C=O) groups is 2. The number of hydrogen-bond donors (Lipinski definition) is 4. The number of aliphatic hydroxyl groups is 1. The minimum Gasteiger partial charge on any atom is -0.390 e. The Balaban J connectivity index is 0.000000403. The molecule has 1 aromatic heterocycles. The summed E-state index contributed by atoms with van der Waals surface area (Å²) in [7, 11) is 3.32. The van der Waals surface area contributed by atoms with E-state index >= 15 is 0 Å². The first kappa shape index (κ1) is 50.2. The number of nitrogens with one attached hydrogen (secondary N) is 3. The fourth-order valence-electron chi connectivity index (χ4n) is 7.02. The second-order valence-corrected chi connectivity index (χ2v) is 17.3. The summed E-state index contributed by atoms with van der Waals surface area (Å²) in [4.78, 5) is 27.8. The van der Waals surface area contributed by atoms with Gasteiger partial charge in [0.05, 0.1) is 11.7 Å². The fraction of sp³-hybridized carbons (Fsp3) is 0.553.